The molecule has 0 heterocycles. The summed E-state index contributed by atoms with van der Waals surface area (Å²) in [5.41, 5.74) is 8.94. The van der Waals surface area contributed by atoms with Crippen LogP contribution in [0, 0.1) is 41.1 Å². The fraction of sp³-hybridized carbons (Fsp3) is 0. The molecule has 0 atom stereocenters. The van der Waals surface area contributed by atoms with Crippen molar-refractivity contribution in [2.24, 2.45) is 11.5 Å². The van der Waals surface area contributed by atoms with Gasteiger partial charge in [-0.05, 0) is 0 Å². The number of hydrogen-bond donors (Lipinski definition) is 6. The molecule has 18 heteroatoms. The molecule has 0 fully saturated rings. The first kappa shape index (κ1) is 36.2. The van der Waals surface area contributed by atoms with Gasteiger partial charge in [-0.1, -0.05) is 0 Å². The maximum absolute atomic E-state index is 8.60. The van der Waals surface area contributed by atoms with Gasteiger partial charge in [0, 0.05) is 0 Å². The van der Waals surface area contributed by atoms with E-state index in [9.17, 15) is 0 Å². The Kier molecular flexibility index (Phi) is 43.0. The zero-order valence-corrected chi connectivity index (χ0v) is 13.2. The first-order valence-corrected chi connectivity index (χ1v) is 3.84. The van der Waals surface area contributed by atoms with E-state index in [1.165, 1.54) is 0 Å². The first-order valence-electron chi connectivity index (χ1n) is 2.57. The molecule has 0 aromatic rings. The molecule has 0 saturated heterocycles. The van der Waals surface area contributed by atoms with Gasteiger partial charge in [-0.3, -0.25) is 5.41 Å². The van der Waals surface area contributed by atoms with E-state index >= 15 is 0 Å². The zero-order valence-electron chi connectivity index (χ0n) is 9.29. The summed E-state index contributed by atoms with van der Waals surface area (Å²) in [4.78, 5) is 16.6. The number of hydrogen-bond acceptors (Lipinski definition) is 11. The van der Waals surface area contributed by atoms with E-state index in [1.54, 1.807) is 0 Å². The minimum Gasteiger partial charge on any atom is -0.370 e. The minimum absolute atomic E-state index is 0. The third-order valence-corrected chi connectivity index (χ3v) is 0. The third kappa shape index (κ3) is 11300. The molecule has 0 unspecified atom stereocenters. The Morgan fingerprint density at radius 3 is 1.11 bits per heavy atom. The summed E-state index contributed by atoms with van der Waals surface area (Å²) in [7, 11) is -4.69. The average Bonchev–Trinajstić information content (AvgIpc) is 1.73. The van der Waals surface area contributed by atoms with Crippen LogP contribution in [0.4, 0.5) is 0 Å². The van der Waals surface area contributed by atoms with Crippen molar-refractivity contribution in [2.75, 3.05) is 0 Å². The molecule has 0 aliphatic rings. The van der Waals surface area contributed by atoms with E-state index in [4.69, 9.17) is 54.7 Å². The number of nitrogens with one attached hydrogen (secondary N) is 1. The van der Waals surface area contributed by atoms with Crippen molar-refractivity contribution in [1.82, 2.24) is 6.15 Å². The van der Waals surface area contributed by atoms with Gasteiger partial charge in [-0.25, -0.2) is 0 Å². The van der Waals surface area contributed by atoms with Crippen LogP contribution in [-0.4, -0.2) is 26.0 Å². The summed E-state index contributed by atoms with van der Waals surface area (Å²) in [5.74, 6) is -0.333. The molecule has 0 aromatic carbocycles. The molecule has 0 amide bonds. The molecule has 112 valence electrons. The normalized spacial score (nSPS) is 6.95. The number of nitrogens with two attached hydrogens (primary N) is 2. The summed E-state index contributed by atoms with van der Waals surface area (Å²) in [5, 5.41) is 34.4. The molecule has 0 rings (SSSR count). The standard InChI is InChI=1S/CH5N3.ClHO4.K.HNO3.NO3.H3N/c2-1(3)4;2-1(3,4)5;;2*2-1(3)4;/h(H5,2,3,4);(H,2,3,4,5);;(H,2,3,4);;1H3/q;;+1;;-1;. The van der Waals surface area contributed by atoms with Crippen molar-refractivity contribution in [3.8, 4) is 0 Å². The smallest absolute Gasteiger partial charge is 0.370 e. The summed E-state index contributed by atoms with van der Waals surface area (Å²) in [6, 6.07) is 0. The molecule has 0 aromatic heterocycles. The van der Waals surface area contributed by atoms with Crippen LogP contribution < -0.4 is 83.0 Å². The first-order chi connectivity index (χ1) is 7.20. The van der Waals surface area contributed by atoms with Crippen LogP contribution in [0.15, 0.2) is 0 Å². The van der Waals surface area contributed by atoms with Gasteiger partial charge in [0.15, 0.2) is 5.96 Å². The number of nitrogens with zero attached hydrogens (tertiary/aromatic N) is 2. The van der Waals surface area contributed by atoms with E-state index in [-0.39, 0.29) is 63.5 Å². The fourth-order valence-corrected chi connectivity index (χ4v) is 0. The van der Waals surface area contributed by atoms with Crippen LogP contribution in [0.25, 0.3) is 0 Å². The van der Waals surface area contributed by atoms with Gasteiger partial charge in [-0.2, -0.15) is 14.0 Å². The Labute approximate surface area is 149 Å². The van der Waals surface area contributed by atoms with Crippen molar-refractivity contribution in [1.29, 1.82) is 5.41 Å². The van der Waals surface area contributed by atoms with E-state index in [1.807, 2.05) is 0 Å². The van der Waals surface area contributed by atoms with Crippen LogP contribution in [0.3, 0.4) is 0 Å². The van der Waals surface area contributed by atoms with Gasteiger partial charge in [0.2, 0.25) is 0 Å². The Morgan fingerprint density at radius 1 is 1.11 bits per heavy atom. The van der Waals surface area contributed by atoms with E-state index in [2.05, 4.69) is 11.5 Å². The summed E-state index contributed by atoms with van der Waals surface area (Å²) in [6.45, 7) is 0. The van der Waals surface area contributed by atoms with Crippen LogP contribution in [0.1, 0.15) is 0 Å². The van der Waals surface area contributed by atoms with Gasteiger partial charge in [-0.15, -0.1) is 10.1 Å². The maximum Gasteiger partial charge on any atom is 1.00 e. The zero-order chi connectivity index (χ0) is 15.2. The molecule has 0 aliphatic carbocycles. The quantitative estimate of drug-likeness (QED) is 0.0784. The second-order valence-corrected chi connectivity index (χ2v) is 2.10. The average molecular weight is 341 g/mol. The SMILES string of the molecule is N.N=C(N)N.O=[N+]([O-])O.O=[N+]([O-])[O-].[K+].[O-][Cl+3]([O-])([O-])O. The second kappa shape index (κ2) is 22.6. The summed E-state index contributed by atoms with van der Waals surface area (Å²) >= 11 is 0. The van der Waals surface area contributed by atoms with Crippen molar-refractivity contribution in [3.63, 3.8) is 0 Å². The molecule has 19 heavy (non-hydrogen) atoms. The van der Waals surface area contributed by atoms with E-state index < -0.39 is 20.4 Å². The van der Waals surface area contributed by atoms with Gasteiger partial charge in [0.25, 0.3) is 5.09 Å². The maximum atomic E-state index is 8.60. The van der Waals surface area contributed by atoms with Crippen LogP contribution in [-0.2, 0) is 0 Å². The summed E-state index contributed by atoms with van der Waals surface area (Å²) < 4.78 is 32.7. The van der Waals surface area contributed by atoms with E-state index in [0.29, 0.717) is 0 Å². The predicted molar refractivity (Wildman–Crippen MR) is 42.5 cm³/mol. The molecule has 0 spiro atoms. The van der Waals surface area contributed by atoms with Gasteiger partial charge in [0.1, 0.15) is 0 Å². The molecular weight excluding hydrogens is 331 g/mol. The Hall–Kier alpha value is -0.604. The van der Waals surface area contributed by atoms with Crippen molar-refractivity contribution >= 4 is 5.96 Å². The van der Waals surface area contributed by atoms with Crippen molar-refractivity contribution < 1.29 is 95.6 Å². The van der Waals surface area contributed by atoms with Crippen LogP contribution in [0.5, 0.6) is 0 Å². The monoisotopic (exact) mass is 340 g/mol. The molecule has 0 radical (unpaired) electrons. The molecule has 10 N–H and O–H groups in total. The van der Waals surface area contributed by atoms with Crippen LogP contribution in [0.2, 0.25) is 0 Å². The minimum atomic E-state index is -4.69. The fourth-order valence-electron chi connectivity index (χ4n) is 0. The second-order valence-electron chi connectivity index (χ2n) is 1.31. The third-order valence-electron chi connectivity index (χ3n) is 0. The predicted octanol–water partition coefficient (Wildman–Crippen LogP) is -8.71. The van der Waals surface area contributed by atoms with Crippen LogP contribution >= 0.6 is 0 Å². The largest absolute Gasteiger partial charge is 1.00 e. The number of guanidine groups is 1. The van der Waals surface area contributed by atoms with Gasteiger partial charge < -0.3 is 38.1 Å². The molecule has 0 aliphatic heterocycles. The Bertz CT molecular complexity index is 184. The Balaban J connectivity index is -0.0000000288. The van der Waals surface area contributed by atoms with E-state index in [0.717, 1.165) is 0 Å². The van der Waals surface area contributed by atoms with Gasteiger partial charge >= 0.3 is 51.4 Å². The van der Waals surface area contributed by atoms with Gasteiger partial charge in [0.05, 0.1) is 20.0 Å². The van der Waals surface area contributed by atoms with Crippen molar-refractivity contribution in [3.05, 3.63) is 25.4 Å². The van der Waals surface area contributed by atoms with Crippen molar-refractivity contribution in [2.45, 2.75) is 0 Å². The number of rotatable bonds is 0. The Morgan fingerprint density at radius 2 is 1.11 bits per heavy atom. The molecule has 16 nitrogen and oxygen atoms in total. The molecular formula is CH10ClKN6O10. The molecule has 0 saturated carbocycles. The number of halogens is 1. The molecule has 0 bridgehead atoms. The summed E-state index contributed by atoms with van der Waals surface area (Å²) in [6.07, 6.45) is 0. The topological polar surface area (TPSA) is 330 Å².